The first-order valence-corrected chi connectivity index (χ1v) is 5.52. The van der Waals surface area contributed by atoms with Crippen molar-refractivity contribution in [3.8, 4) is 5.75 Å². The van der Waals surface area contributed by atoms with Gasteiger partial charge in [0.1, 0.15) is 5.75 Å². The molecule has 92 valence electrons. The van der Waals surface area contributed by atoms with E-state index in [-0.39, 0.29) is 20.8 Å². The molecular weight excluding hydrogens is 290 g/mol. The van der Waals surface area contributed by atoms with Gasteiger partial charge in [0.05, 0.1) is 15.1 Å². The Morgan fingerprint density at radius 2 is 1.71 bits per heavy atom. The number of hydrogen-bond donors (Lipinski definition) is 0. The van der Waals surface area contributed by atoms with Gasteiger partial charge < -0.3 is 9.47 Å². The van der Waals surface area contributed by atoms with Gasteiger partial charge in [-0.15, -0.1) is 0 Å². The molecule has 0 radical (unpaired) electrons. The van der Waals surface area contributed by atoms with Gasteiger partial charge >= 0.3 is 11.9 Å². The van der Waals surface area contributed by atoms with Crippen molar-refractivity contribution in [2.75, 3.05) is 6.61 Å². The second kappa shape index (κ2) is 6.10. The summed E-state index contributed by atoms with van der Waals surface area (Å²) in [6.45, 7) is 0.668. The number of hydrogen-bond acceptors (Lipinski definition) is 4. The summed E-state index contributed by atoms with van der Waals surface area (Å²) in [6, 6.07) is 2.75. The summed E-state index contributed by atoms with van der Waals surface area (Å²) < 4.78 is 9.29. The lowest BCUT2D eigenvalue weighted by molar-refractivity contribution is -0.159. The summed E-state index contributed by atoms with van der Waals surface area (Å²) >= 11 is 17.3. The van der Waals surface area contributed by atoms with E-state index in [9.17, 15) is 9.59 Å². The Kier molecular flexibility index (Phi) is 5.05. The van der Waals surface area contributed by atoms with E-state index < -0.39 is 18.5 Å². The molecule has 0 aromatic heterocycles. The number of carbonyl (C=O) groups is 2. The summed E-state index contributed by atoms with van der Waals surface area (Å²) in [7, 11) is 0. The van der Waals surface area contributed by atoms with Crippen LogP contribution in [0.3, 0.4) is 0 Å². The highest BCUT2D eigenvalue weighted by Gasteiger charge is 2.11. The molecule has 4 nitrogen and oxygen atoms in total. The molecule has 7 heteroatoms. The van der Waals surface area contributed by atoms with Gasteiger partial charge in [-0.1, -0.05) is 34.8 Å². The molecule has 0 saturated carbocycles. The highest BCUT2D eigenvalue weighted by molar-refractivity contribution is 6.43. The molecule has 0 bridgehead atoms. The smallest absolute Gasteiger partial charge is 0.351 e. The fourth-order valence-electron chi connectivity index (χ4n) is 0.941. The van der Waals surface area contributed by atoms with Gasteiger partial charge in [0.15, 0.2) is 6.61 Å². The highest BCUT2D eigenvalue weighted by Crippen LogP contribution is 2.33. The molecule has 1 aromatic carbocycles. The third-order valence-corrected chi connectivity index (χ3v) is 2.60. The average molecular weight is 298 g/mol. The molecule has 0 aliphatic heterocycles. The van der Waals surface area contributed by atoms with Gasteiger partial charge in [-0.3, -0.25) is 4.79 Å². The Balaban J connectivity index is 2.66. The molecule has 1 aromatic rings. The largest absolute Gasteiger partial charge is 0.480 e. The number of halogens is 3. The van der Waals surface area contributed by atoms with E-state index >= 15 is 0 Å². The van der Waals surface area contributed by atoms with Crippen LogP contribution in [0.2, 0.25) is 15.1 Å². The fourth-order valence-corrected chi connectivity index (χ4v) is 1.53. The van der Waals surface area contributed by atoms with Gasteiger partial charge in [-0.25, -0.2) is 4.79 Å². The SMILES string of the molecule is CC(=O)OC(=O)COc1cc(Cl)c(Cl)cc1Cl. The monoisotopic (exact) mass is 296 g/mol. The maximum Gasteiger partial charge on any atom is 0.351 e. The van der Waals surface area contributed by atoms with Crippen LogP contribution in [-0.4, -0.2) is 18.5 Å². The Labute approximate surface area is 112 Å². The van der Waals surface area contributed by atoms with Crippen LogP contribution in [0, 0.1) is 0 Å². The molecule has 0 saturated heterocycles. The van der Waals surface area contributed by atoms with Crippen LogP contribution in [0.15, 0.2) is 12.1 Å². The zero-order valence-corrected chi connectivity index (χ0v) is 10.9. The summed E-state index contributed by atoms with van der Waals surface area (Å²) in [5, 5.41) is 0.719. The summed E-state index contributed by atoms with van der Waals surface area (Å²) in [5.74, 6) is -1.35. The highest BCUT2D eigenvalue weighted by atomic mass is 35.5. The van der Waals surface area contributed by atoms with Gasteiger partial charge in [0.25, 0.3) is 0 Å². The van der Waals surface area contributed by atoms with Crippen molar-refractivity contribution in [3.05, 3.63) is 27.2 Å². The predicted octanol–water partition coefficient (Wildman–Crippen LogP) is 3.12. The van der Waals surface area contributed by atoms with E-state index in [1.807, 2.05) is 0 Å². The van der Waals surface area contributed by atoms with Crippen molar-refractivity contribution in [2.24, 2.45) is 0 Å². The number of carbonyl (C=O) groups excluding carboxylic acids is 2. The molecule has 0 heterocycles. The van der Waals surface area contributed by atoms with Crippen molar-refractivity contribution < 1.29 is 19.1 Å². The number of esters is 2. The van der Waals surface area contributed by atoms with E-state index in [1.165, 1.54) is 12.1 Å². The first kappa shape index (κ1) is 14.1. The van der Waals surface area contributed by atoms with Gasteiger partial charge in [-0.2, -0.15) is 0 Å². The minimum absolute atomic E-state index is 0.182. The molecule has 0 atom stereocenters. The molecule has 0 unspecified atom stereocenters. The topological polar surface area (TPSA) is 52.6 Å². The van der Waals surface area contributed by atoms with E-state index in [4.69, 9.17) is 39.5 Å². The van der Waals surface area contributed by atoms with Crippen molar-refractivity contribution in [1.82, 2.24) is 0 Å². The average Bonchev–Trinajstić information content (AvgIpc) is 2.20. The minimum atomic E-state index is -0.820. The van der Waals surface area contributed by atoms with Crippen molar-refractivity contribution in [1.29, 1.82) is 0 Å². The molecule has 0 aliphatic carbocycles. The van der Waals surface area contributed by atoms with Gasteiger partial charge in [0, 0.05) is 13.0 Å². The van der Waals surface area contributed by atoms with Crippen LogP contribution in [0.4, 0.5) is 0 Å². The fraction of sp³-hybridized carbons (Fsp3) is 0.200. The van der Waals surface area contributed by atoms with E-state index in [1.54, 1.807) is 0 Å². The maximum absolute atomic E-state index is 11.0. The number of rotatable bonds is 3. The molecular formula is C10H7Cl3O4. The zero-order chi connectivity index (χ0) is 13.0. The van der Waals surface area contributed by atoms with Crippen LogP contribution in [0.1, 0.15) is 6.92 Å². The summed E-state index contributed by atoms with van der Waals surface area (Å²) in [6.07, 6.45) is 0. The Hall–Kier alpha value is -0.970. The summed E-state index contributed by atoms with van der Waals surface area (Å²) in [4.78, 5) is 21.5. The van der Waals surface area contributed by atoms with Crippen LogP contribution in [0.5, 0.6) is 5.75 Å². The lowest BCUT2D eigenvalue weighted by Crippen LogP contribution is -2.17. The second-order valence-electron chi connectivity index (χ2n) is 2.95. The second-order valence-corrected chi connectivity index (χ2v) is 4.17. The molecule has 1 rings (SSSR count). The van der Waals surface area contributed by atoms with Crippen molar-refractivity contribution in [3.63, 3.8) is 0 Å². The number of ether oxygens (including phenoxy) is 2. The Morgan fingerprint density at radius 1 is 1.12 bits per heavy atom. The van der Waals surface area contributed by atoms with Gasteiger partial charge in [-0.05, 0) is 6.07 Å². The van der Waals surface area contributed by atoms with Crippen molar-refractivity contribution in [2.45, 2.75) is 6.92 Å². The molecule has 0 spiro atoms. The Morgan fingerprint density at radius 3 is 2.29 bits per heavy atom. The van der Waals surface area contributed by atoms with Crippen LogP contribution in [-0.2, 0) is 14.3 Å². The molecule has 0 amide bonds. The van der Waals surface area contributed by atoms with E-state index in [2.05, 4.69) is 4.74 Å². The predicted molar refractivity (Wildman–Crippen MR) is 63.7 cm³/mol. The molecule has 17 heavy (non-hydrogen) atoms. The molecule has 0 aliphatic rings. The molecule has 0 fully saturated rings. The van der Waals surface area contributed by atoms with E-state index in [0.717, 1.165) is 6.92 Å². The van der Waals surface area contributed by atoms with Crippen LogP contribution < -0.4 is 4.74 Å². The first-order chi connectivity index (χ1) is 7.90. The summed E-state index contributed by atoms with van der Waals surface area (Å²) in [5.41, 5.74) is 0. The number of benzene rings is 1. The van der Waals surface area contributed by atoms with Crippen LogP contribution >= 0.6 is 34.8 Å². The zero-order valence-electron chi connectivity index (χ0n) is 8.63. The normalized spacial score (nSPS) is 9.88. The van der Waals surface area contributed by atoms with Gasteiger partial charge in [0.2, 0.25) is 0 Å². The third-order valence-electron chi connectivity index (χ3n) is 1.58. The molecule has 0 N–H and O–H groups in total. The standard InChI is InChI=1S/C10H7Cl3O4/c1-5(14)17-10(15)4-16-9-3-7(12)6(11)2-8(9)13/h2-3H,4H2,1H3. The third kappa shape index (κ3) is 4.42. The van der Waals surface area contributed by atoms with Crippen molar-refractivity contribution >= 4 is 46.7 Å². The first-order valence-electron chi connectivity index (χ1n) is 4.38. The quantitative estimate of drug-likeness (QED) is 0.489. The van der Waals surface area contributed by atoms with E-state index in [0.29, 0.717) is 0 Å². The Bertz CT molecular complexity index is 459. The minimum Gasteiger partial charge on any atom is -0.480 e. The lowest BCUT2D eigenvalue weighted by Gasteiger charge is -2.08. The van der Waals surface area contributed by atoms with Crippen LogP contribution in [0.25, 0.3) is 0 Å². The lowest BCUT2D eigenvalue weighted by atomic mass is 10.3. The maximum atomic E-state index is 11.0.